The maximum atomic E-state index is 11.3. The predicted octanol–water partition coefficient (Wildman–Crippen LogP) is 3.47. The van der Waals surface area contributed by atoms with E-state index >= 15 is 0 Å². The van der Waals surface area contributed by atoms with Crippen LogP contribution in [0.3, 0.4) is 0 Å². The predicted molar refractivity (Wildman–Crippen MR) is 108 cm³/mol. The summed E-state index contributed by atoms with van der Waals surface area (Å²) >= 11 is 0. The van der Waals surface area contributed by atoms with Gasteiger partial charge in [-0.1, -0.05) is 43.7 Å². The average Bonchev–Trinajstić information content (AvgIpc) is 3.08. The fourth-order valence-electron chi connectivity index (χ4n) is 2.95. The number of ketones is 1. The monoisotopic (exact) mass is 363 g/mol. The lowest BCUT2D eigenvalue weighted by Crippen LogP contribution is -2.16. The minimum atomic E-state index is -0.478. The van der Waals surface area contributed by atoms with Crippen LogP contribution in [0, 0.1) is 0 Å². The van der Waals surface area contributed by atoms with E-state index in [4.69, 9.17) is 10.1 Å². The van der Waals surface area contributed by atoms with E-state index in [1.54, 1.807) is 6.08 Å². The van der Waals surface area contributed by atoms with E-state index in [1.807, 2.05) is 36.5 Å². The Labute approximate surface area is 159 Å². The highest BCUT2D eigenvalue weighted by molar-refractivity contribution is 5.94. The minimum absolute atomic E-state index is 0.313. The Morgan fingerprint density at radius 3 is 2.78 bits per heavy atom. The van der Waals surface area contributed by atoms with Gasteiger partial charge in [-0.2, -0.15) is 0 Å². The zero-order valence-electron chi connectivity index (χ0n) is 15.6. The van der Waals surface area contributed by atoms with E-state index in [2.05, 4.69) is 28.8 Å². The number of aromatic nitrogens is 2. The van der Waals surface area contributed by atoms with Crippen molar-refractivity contribution in [2.24, 2.45) is 0 Å². The highest BCUT2D eigenvalue weighted by Crippen LogP contribution is 2.25. The summed E-state index contributed by atoms with van der Waals surface area (Å²) in [6.45, 7) is 3.38. The number of pyridine rings is 1. The van der Waals surface area contributed by atoms with Crippen LogP contribution >= 0.6 is 0 Å². The Kier molecular flexibility index (Phi) is 6.52. The van der Waals surface area contributed by atoms with Crippen LogP contribution < -0.4 is 5.32 Å². The summed E-state index contributed by atoms with van der Waals surface area (Å²) in [5, 5.41) is 12.4. The number of benzene rings is 1. The summed E-state index contributed by atoms with van der Waals surface area (Å²) in [6, 6.07) is 14.0. The van der Waals surface area contributed by atoms with Crippen LogP contribution in [-0.2, 0) is 11.3 Å². The van der Waals surface area contributed by atoms with Crippen molar-refractivity contribution in [1.82, 2.24) is 14.7 Å². The summed E-state index contributed by atoms with van der Waals surface area (Å²) in [6.07, 6.45) is 7.38. The molecule has 0 bridgehead atoms. The molecule has 27 heavy (non-hydrogen) atoms. The molecule has 1 aromatic carbocycles. The summed E-state index contributed by atoms with van der Waals surface area (Å²) in [5.74, 6) is -0.313. The number of imidazole rings is 1. The number of nitrogens with zero attached hydrogens (tertiary/aromatic N) is 2. The Bertz CT molecular complexity index is 929. The van der Waals surface area contributed by atoms with E-state index in [9.17, 15) is 4.79 Å². The lowest BCUT2D eigenvalue weighted by atomic mass is 10.1. The number of rotatable bonds is 9. The third-order valence-electron chi connectivity index (χ3n) is 4.40. The highest BCUT2D eigenvalue weighted by atomic mass is 16.3. The smallest absolute Gasteiger partial charge is 0.181 e. The van der Waals surface area contributed by atoms with E-state index in [0.717, 1.165) is 47.5 Å². The Balaban J connectivity index is 2.00. The second kappa shape index (κ2) is 9.26. The van der Waals surface area contributed by atoms with E-state index in [1.165, 1.54) is 6.08 Å². The van der Waals surface area contributed by atoms with Gasteiger partial charge in [-0.15, -0.1) is 0 Å². The standard InChI is InChI=1S/C22H25N3O2/c1-2-3-13-23-14-20-22(18-7-5-4-6-8-18)24-21-12-10-17(15-25(20)21)9-11-19(27)16-26/h4-12,15,23,26H,2-3,13-14,16H2,1H3/b11-9+. The Morgan fingerprint density at radius 2 is 2.04 bits per heavy atom. The second-order valence-electron chi connectivity index (χ2n) is 6.45. The zero-order valence-corrected chi connectivity index (χ0v) is 15.6. The van der Waals surface area contributed by atoms with Gasteiger partial charge in [-0.05, 0) is 42.8 Å². The van der Waals surface area contributed by atoms with Crippen molar-refractivity contribution < 1.29 is 9.90 Å². The first-order valence-corrected chi connectivity index (χ1v) is 9.32. The lowest BCUT2D eigenvalue weighted by Gasteiger charge is -2.08. The number of aliphatic hydroxyl groups is 1. The van der Waals surface area contributed by atoms with Crippen molar-refractivity contribution in [2.75, 3.05) is 13.2 Å². The molecule has 0 aliphatic carbocycles. The van der Waals surface area contributed by atoms with Gasteiger partial charge in [-0.25, -0.2) is 4.98 Å². The fraction of sp³-hybridized carbons (Fsp3) is 0.273. The van der Waals surface area contributed by atoms with E-state index in [0.29, 0.717) is 6.54 Å². The fourth-order valence-corrected chi connectivity index (χ4v) is 2.95. The molecule has 2 N–H and O–H groups in total. The molecular weight excluding hydrogens is 338 g/mol. The number of hydrogen-bond acceptors (Lipinski definition) is 4. The normalized spacial score (nSPS) is 11.5. The molecule has 2 aromatic heterocycles. The minimum Gasteiger partial charge on any atom is -0.388 e. The van der Waals surface area contributed by atoms with Crippen molar-refractivity contribution in [3.63, 3.8) is 0 Å². The molecule has 0 radical (unpaired) electrons. The first kappa shape index (κ1) is 19.0. The van der Waals surface area contributed by atoms with Gasteiger partial charge in [0.1, 0.15) is 12.3 Å². The molecule has 0 amide bonds. The average molecular weight is 363 g/mol. The molecule has 0 saturated heterocycles. The quantitative estimate of drug-likeness (QED) is 0.451. The van der Waals surface area contributed by atoms with E-state index in [-0.39, 0.29) is 5.78 Å². The topological polar surface area (TPSA) is 66.6 Å². The molecular formula is C22H25N3O2. The molecule has 0 aliphatic rings. The highest BCUT2D eigenvalue weighted by Gasteiger charge is 2.13. The number of carbonyl (C=O) groups is 1. The molecule has 0 saturated carbocycles. The molecule has 3 rings (SSSR count). The number of fused-ring (bicyclic) bond motifs is 1. The van der Waals surface area contributed by atoms with Gasteiger partial charge in [0.05, 0.1) is 11.4 Å². The summed E-state index contributed by atoms with van der Waals surface area (Å²) in [4.78, 5) is 16.2. The van der Waals surface area contributed by atoms with Crippen LogP contribution in [0.15, 0.2) is 54.7 Å². The molecule has 2 heterocycles. The summed E-state index contributed by atoms with van der Waals surface area (Å²) in [5.41, 5.74) is 4.90. The molecule has 3 aromatic rings. The van der Waals surface area contributed by atoms with Gasteiger partial charge in [0.2, 0.25) is 0 Å². The second-order valence-corrected chi connectivity index (χ2v) is 6.45. The molecule has 5 heteroatoms. The van der Waals surface area contributed by atoms with Gasteiger partial charge < -0.3 is 14.8 Å². The molecule has 5 nitrogen and oxygen atoms in total. The molecule has 140 valence electrons. The SMILES string of the molecule is CCCCNCc1c(-c2ccccc2)nc2ccc(/C=C/C(=O)CO)cn12. The van der Waals surface area contributed by atoms with E-state index < -0.39 is 6.61 Å². The third kappa shape index (κ3) is 4.70. The lowest BCUT2D eigenvalue weighted by molar-refractivity contribution is -0.117. The Morgan fingerprint density at radius 1 is 1.22 bits per heavy atom. The number of carbonyl (C=O) groups excluding carboxylic acids is 1. The number of nitrogens with one attached hydrogen (secondary N) is 1. The maximum absolute atomic E-state index is 11.3. The van der Waals surface area contributed by atoms with Gasteiger partial charge in [0.25, 0.3) is 0 Å². The summed E-state index contributed by atoms with van der Waals surface area (Å²) in [7, 11) is 0. The van der Waals surface area contributed by atoms with Crippen LogP contribution in [0.4, 0.5) is 0 Å². The largest absolute Gasteiger partial charge is 0.388 e. The third-order valence-corrected chi connectivity index (χ3v) is 4.40. The van der Waals surface area contributed by atoms with Crippen molar-refractivity contribution in [2.45, 2.75) is 26.3 Å². The van der Waals surface area contributed by atoms with Crippen molar-refractivity contribution in [3.05, 3.63) is 66.0 Å². The summed E-state index contributed by atoms with van der Waals surface area (Å²) < 4.78 is 2.07. The first-order valence-electron chi connectivity index (χ1n) is 9.32. The zero-order chi connectivity index (χ0) is 19.1. The molecule has 0 atom stereocenters. The molecule has 0 spiro atoms. The molecule has 0 aliphatic heterocycles. The van der Waals surface area contributed by atoms with Gasteiger partial charge in [0.15, 0.2) is 5.78 Å². The number of hydrogen-bond donors (Lipinski definition) is 2. The molecule has 0 fully saturated rings. The number of aliphatic hydroxyl groups excluding tert-OH is 1. The Hall–Kier alpha value is -2.76. The van der Waals surface area contributed by atoms with Crippen molar-refractivity contribution in [1.29, 1.82) is 0 Å². The van der Waals surface area contributed by atoms with Gasteiger partial charge in [-0.3, -0.25) is 4.79 Å². The van der Waals surface area contributed by atoms with Crippen LogP contribution in [0.2, 0.25) is 0 Å². The van der Waals surface area contributed by atoms with Crippen LogP contribution in [0.25, 0.3) is 23.0 Å². The van der Waals surface area contributed by atoms with Gasteiger partial charge in [0, 0.05) is 18.3 Å². The number of unbranched alkanes of at least 4 members (excludes halogenated alkanes) is 1. The van der Waals surface area contributed by atoms with Crippen molar-refractivity contribution in [3.8, 4) is 11.3 Å². The molecule has 0 unspecified atom stereocenters. The van der Waals surface area contributed by atoms with Crippen LogP contribution in [0.5, 0.6) is 0 Å². The van der Waals surface area contributed by atoms with Gasteiger partial charge >= 0.3 is 0 Å². The van der Waals surface area contributed by atoms with Crippen LogP contribution in [0.1, 0.15) is 31.0 Å². The van der Waals surface area contributed by atoms with Crippen LogP contribution in [-0.4, -0.2) is 33.4 Å². The maximum Gasteiger partial charge on any atom is 0.181 e. The van der Waals surface area contributed by atoms with Crippen molar-refractivity contribution >= 4 is 17.5 Å². The first-order chi connectivity index (χ1) is 13.2.